The van der Waals surface area contributed by atoms with Crippen molar-refractivity contribution in [2.75, 3.05) is 4.90 Å². The van der Waals surface area contributed by atoms with E-state index in [1.165, 1.54) is 127 Å². The van der Waals surface area contributed by atoms with Crippen LogP contribution in [0.15, 0.2) is 164 Å². The molecule has 1 N–H and O–H groups in total. The Bertz CT molecular complexity index is 3490. The predicted molar refractivity (Wildman–Crippen MR) is 252 cm³/mol. The Morgan fingerprint density at radius 1 is 0.441 bits per heavy atom. The van der Waals surface area contributed by atoms with Gasteiger partial charge in [-0.05, 0) is 113 Å². The third kappa shape index (κ3) is 4.37. The van der Waals surface area contributed by atoms with Gasteiger partial charge in [-0.3, -0.25) is 0 Å². The Hall–Kier alpha value is -6.84. The summed E-state index contributed by atoms with van der Waals surface area (Å²) in [5, 5.41) is 7.56. The molecule has 59 heavy (non-hydrogen) atoms. The number of nitrogens with zero attached hydrogens (tertiary/aromatic N) is 1. The predicted octanol–water partition coefficient (Wildman–Crippen LogP) is 13.1. The second kappa shape index (κ2) is 11.4. The number of benzene rings is 9. The molecular weight excluding hydrogens is 711 g/mol. The topological polar surface area (TPSA) is 19.0 Å². The molecule has 3 heteroatoms. The molecule has 0 saturated carbocycles. The normalized spacial score (nSPS) is 15.2. The third-order valence-electron chi connectivity index (χ3n) is 14.4. The van der Waals surface area contributed by atoms with E-state index < -0.39 is 0 Å². The summed E-state index contributed by atoms with van der Waals surface area (Å²) in [6.45, 7) is 9.54. The van der Waals surface area contributed by atoms with E-state index in [9.17, 15) is 0 Å². The SMILES string of the molecule is CC1(C)c2ccccc2-c2cc(N3c4cc5c(cc4Bc4c3cc3ccccc3c4-c3cccc4c3[nH]c3cc6ccccc6cc34)C(C)(C)c3ccccc3-5)ccc21. The maximum absolute atomic E-state index is 3.96. The van der Waals surface area contributed by atoms with Gasteiger partial charge in [-0.2, -0.15) is 0 Å². The molecule has 9 aromatic carbocycles. The van der Waals surface area contributed by atoms with Gasteiger partial charge in [-0.25, -0.2) is 0 Å². The highest BCUT2D eigenvalue weighted by Gasteiger charge is 2.40. The molecule has 3 aliphatic rings. The van der Waals surface area contributed by atoms with Gasteiger partial charge in [0.25, 0.3) is 0 Å². The van der Waals surface area contributed by atoms with Gasteiger partial charge in [0.15, 0.2) is 7.28 Å². The molecule has 13 rings (SSSR count). The van der Waals surface area contributed by atoms with Crippen LogP contribution in [0.1, 0.15) is 49.9 Å². The molecule has 0 fully saturated rings. The second-order valence-corrected chi connectivity index (χ2v) is 18.2. The van der Waals surface area contributed by atoms with Crippen LogP contribution in [0, 0.1) is 0 Å². The van der Waals surface area contributed by atoms with Crippen molar-refractivity contribution >= 4 is 78.6 Å². The number of fused-ring (bicyclic) bond motifs is 13. The van der Waals surface area contributed by atoms with E-state index in [0.29, 0.717) is 0 Å². The van der Waals surface area contributed by atoms with Crippen LogP contribution in [0.5, 0.6) is 0 Å². The van der Waals surface area contributed by atoms with E-state index in [-0.39, 0.29) is 10.8 Å². The summed E-state index contributed by atoms with van der Waals surface area (Å²) in [6.07, 6.45) is 0. The zero-order valence-corrected chi connectivity index (χ0v) is 33.7. The molecule has 2 nitrogen and oxygen atoms in total. The van der Waals surface area contributed by atoms with Crippen molar-refractivity contribution in [3.05, 3.63) is 186 Å². The largest absolute Gasteiger partial charge is 0.354 e. The van der Waals surface area contributed by atoms with Gasteiger partial charge in [-0.15, -0.1) is 0 Å². The quantitative estimate of drug-likeness (QED) is 0.174. The molecule has 2 heterocycles. The van der Waals surface area contributed by atoms with Crippen LogP contribution in [0.4, 0.5) is 17.1 Å². The zero-order valence-electron chi connectivity index (χ0n) is 33.7. The first-order valence-electron chi connectivity index (χ1n) is 21.1. The van der Waals surface area contributed by atoms with E-state index >= 15 is 0 Å². The number of hydrogen-bond acceptors (Lipinski definition) is 1. The first-order chi connectivity index (χ1) is 28.8. The van der Waals surface area contributed by atoms with Crippen LogP contribution in [0.3, 0.4) is 0 Å². The van der Waals surface area contributed by atoms with Crippen molar-refractivity contribution in [3.63, 3.8) is 0 Å². The molecule has 0 amide bonds. The minimum Gasteiger partial charge on any atom is -0.354 e. The first-order valence-corrected chi connectivity index (χ1v) is 21.1. The molecule has 0 bridgehead atoms. The van der Waals surface area contributed by atoms with Crippen LogP contribution >= 0.6 is 0 Å². The van der Waals surface area contributed by atoms with Crippen LogP contribution in [-0.4, -0.2) is 12.3 Å². The van der Waals surface area contributed by atoms with Gasteiger partial charge in [0.2, 0.25) is 0 Å². The van der Waals surface area contributed by atoms with Crippen LogP contribution in [0.2, 0.25) is 0 Å². The Labute approximate surface area is 345 Å². The van der Waals surface area contributed by atoms with Gasteiger partial charge < -0.3 is 9.88 Å². The molecule has 0 radical (unpaired) electrons. The van der Waals surface area contributed by atoms with Crippen LogP contribution in [-0.2, 0) is 10.8 Å². The minimum atomic E-state index is -0.0966. The van der Waals surface area contributed by atoms with Gasteiger partial charge >= 0.3 is 0 Å². The Morgan fingerprint density at radius 2 is 1.05 bits per heavy atom. The summed E-state index contributed by atoms with van der Waals surface area (Å²) >= 11 is 0. The molecule has 0 unspecified atom stereocenters. The fourth-order valence-corrected chi connectivity index (χ4v) is 11.5. The van der Waals surface area contributed by atoms with E-state index in [2.05, 4.69) is 201 Å². The molecule has 2 aliphatic carbocycles. The molecule has 278 valence electrons. The highest BCUT2D eigenvalue weighted by molar-refractivity contribution is 6.74. The summed E-state index contributed by atoms with van der Waals surface area (Å²) in [7, 11) is 0.836. The lowest BCUT2D eigenvalue weighted by Crippen LogP contribution is -2.41. The van der Waals surface area contributed by atoms with Crippen molar-refractivity contribution in [3.8, 4) is 33.4 Å². The summed E-state index contributed by atoms with van der Waals surface area (Å²) in [5.41, 5.74) is 22.2. The smallest absolute Gasteiger partial charge is 0.198 e. The van der Waals surface area contributed by atoms with Gasteiger partial charge in [0.1, 0.15) is 0 Å². The third-order valence-corrected chi connectivity index (χ3v) is 14.4. The highest BCUT2D eigenvalue weighted by atomic mass is 15.1. The molecular formula is C56H41BN2. The van der Waals surface area contributed by atoms with Gasteiger partial charge in [0.05, 0.1) is 5.52 Å². The zero-order chi connectivity index (χ0) is 39.4. The molecule has 0 saturated heterocycles. The number of anilines is 3. The van der Waals surface area contributed by atoms with E-state index in [1.807, 2.05) is 0 Å². The number of aromatic amines is 1. The molecule has 1 aliphatic heterocycles. The summed E-state index contributed by atoms with van der Waals surface area (Å²) in [6, 6.07) is 62.1. The Balaban J connectivity index is 1.12. The van der Waals surface area contributed by atoms with Crippen molar-refractivity contribution in [2.24, 2.45) is 0 Å². The van der Waals surface area contributed by atoms with Crippen LogP contribution < -0.4 is 15.8 Å². The van der Waals surface area contributed by atoms with E-state index in [1.54, 1.807) is 0 Å². The number of para-hydroxylation sites is 1. The molecule has 0 atom stereocenters. The standard InChI is InChI=1S/C56H41BN2/c1-55(2)44-22-11-9-18-37(44)41-29-35(24-25-46(41)55)59-50-30-42-38-19-10-12-23-45(38)56(3,4)47(42)31-48(50)57-53-51(59)28-34-16-7-8-17-36(34)52(53)40-21-13-20-39-43-26-32-14-5-6-15-33(32)27-49(43)58-54(39)40/h5-31,57-58H,1-4H3. The maximum Gasteiger partial charge on any atom is 0.198 e. The average molecular weight is 753 g/mol. The highest BCUT2D eigenvalue weighted by Crippen LogP contribution is 2.53. The Kier molecular flexibility index (Phi) is 6.42. The van der Waals surface area contributed by atoms with Crippen molar-refractivity contribution in [1.29, 1.82) is 0 Å². The fraction of sp³-hybridized carbons (Fsp3) is 0.107. The fourth-order valence-electron chi connectivity index (χ4n) is 11.5. The number of hydrogen-bond donors (Lipinski definition) is 1. The summed E-state index contributed by atoms with van der Waals surface area (Å²) < 4.78 is 0. The summed E-state index contributed by atoms with van der Waals surface area (Å²) in [5.74, 6) is 0. The Morgan fingerprint density at radius 3 is 1.83 bits per heavy atom. The second-order valence-electron chi connectivity index (χ2n) is 18.2. The first kappa shape index (κ1) is 33.2. The minimum absolute atomic E-state index is 0.0637. The van der Waals surface area contributed by atoms with E-state index in [4.69, 9.17) is 0 Å². The lowest BCUT2D eigenvalue weighted by molar-refractivity contribution is 0.660. The summed E-state index contributed by atoms with van der Waals surface area (Å²) in [4.78, 5) is 6.56. The van der Waals surface area contributed by atoms with Crippen molar-refractivity contribution < 1.29 is 0 Å². The number of aromatic nitrogens is 1. The van der Waals surface area contributed by atoms with Crippen LogP contribution in [0.25, 0.3) is 76.7 Å². The molecule has 10 aromatic rings. The lowest BCUT2D eigenvalue weighted by Gasteiger charge is -2.37. The average Bonchev–Trinajstić information content (AvgIpc) is 3.82. The van der Waals surface area contributed by atoms with Gasteiger partial charge in [0, 0.05) is 49.7 Å². The van der Waals surface area contributed by atoms with E-state index in [0.717, 1.165) is 7.28 Å². The monoisotopic (exact) mass is 752 g/mol. The number of H-pyrrole nitrogens is 1. The van der Waals surface area contributed by atoms with Crippen molar-refractivity contribution in [2.45, 2.75) is 38.5 Å². The molecule has 0 spiro atoms. The van der Waals surface area contributed by atoms with Crippen molar-refractivity contribution in [1.82, 2.24) is 4.98 Å². The number of nitrogens with one attached hydrogen (secondary N) is 1. The molecule has 1 aromatic heterocycles. The maximum atomic E-state index is 3.96. The number of rotatable bonds is 2. The van der Waals surface area contributed by atoms with Gasteiger partial charge in [-0.1, -0.05) is 161 Å². The lowest BCUT2D eigenvalue weighted by atomic mass is 9.57.